The zero-order chi connectivity index (χ0) is 16.8. The average Bonchev–Trinajstić information content (AvgIpc) is 3.09. The van der Waals surface area contributed by atoms with Crippen LogP contribution < -0.4 is 10.1 Å². The highest BCUT2D eigenvalue weighted by molar-refractivity contribution is 7.99. The Hall–Kier alpha value is -1.95. The number of imidazole rings is 1. The van der Waals surface area contributed by atoms with Crippen LogP contribution in [0.2, 0.25) is 0 Å². The molecule has 24 heavy (non-hydrogen) atoms. The van der Waals surface area contributed by atoms with Crippen LogP contribution in [-0.4, -0.2) is 34.4 Å². The maximum atomic E-state index is 12.2. The number of thioether (sulfide) groups is 1. The molecule has 1 fully saturated rings. The molecule has 1 N–H and O–H groups in total. The molecule has 0 atom stereocenters. The van der Waals surface area contributed by atoms with Crippen molar-refractivity contribution in [1.29, 1.82) is 0 Å². The van der Waals surface area contributed by atoms with E-state index in [1.54, 1.807) is 13.3 Å². The van der Waals surface area contributed by atoms with Gasteiger partial charge in [0.2, 0.25) is 5.91 Å². The number of hydrogen-bond donors (Lipinski definition) is 1. The van der Waals surface area contributed by atoms with Crippen LogP contribution >= 0.6 is 11.8 Å². The van der Waals surface area contributed by atoms with Gasteiger partial charge in [-0.15, -0.1) is 0 Å². The average molecular weight is 345 g/mol. The number of methoxy groups -OCH3 is 1. The third-order valence-corrected chi connectivity index (χ3v) is 5.21. The van der Waals surface area contributed by atoms with E-state index in [2.05, 4.69) is 10.3 Å². The van der Waals surface area contributed by atoms with Crippen molar-refractivity contribution in [1.82, 2.24) is 14.9 Å². The van der Waals surface area contributed by atoms with E-state index in [-0.39, 0.29) is 5.91 Å². The third-order valence-electron chi connectivity index (χ3n) is 4.24. The van der Waals surface area contributed by atoms with Gasteiger partial charge in [0, 0.05) is 24.5 Å². The lowest BCUT2D eigenvalue weighted by Crippen LogP contribution is -2.37. The third kappa shape index (κ3) is 4.32. The number of carbonyl (C=O) groups excluding carboxylic acids is 1. The van der Waals surface area contributed by atoms with E-state index in [9.17, 15) is 4.79 Å². The molecule has 6 heteroatoms. The van der Waals surface area contributed by atoms with Crippen molar-refractivity contribution in [3.8, 4) is 11.4 Å². The highest BCUT2D eigenvalue weighted by Gasteiger charge is 2.16. The van der Waals surface area contributed by atoms with Crippen molar-refractivity contribution < 1.29 is 9.53 Å². The number of amides is 1. The van der Waals surface area contributed by atoms with Gasteiger partial charge in [-0.1, -0.05) is 37.1 Å². The molecule has 3 rings (SSSR count). The summed E-state index contributed by atoms with van der Waals surface area (Å²) in [7, 11) is 1.65. The molecule has 0 aliphatic heterocycles. The number of ether oxygens (including phenoxy) is 1. The quantitative estimate of drug-likeness (QED) is 0.815. The summed E-state index contributed by atoms with van der Waals surface area (Å²) in [5.41, 5.74) is 0.974. The van der Waals surface area contributed by atoms with Crippen molar-refractivity contribution in [2.24, 2.45) is 0 Å². The number of nitrogens with one attached hydrogen (secondary N) is 1. The molecule has 0 radical (unpaired) electrons. The van der Waals surface area contributed by atoms with E-state index in [0.717, 1.165) is 29.4 Å². The van der Waals surface area contributed by atoms with Crippen LogP contribution in [0.1, 0.15) is 32.1 Å². The zero-order valence-electron chi connectivity index (χ0n) is 13.9. The second-order valence-corrected chi connectivity index (χ2v) is 6.91. The van der Waals surface area contributed by atoms with E-state index < -0.39 is 0 Å². The fourth-order valence-electron chi connectivity index (χ4n) is 3.00. The normalized spacial score (nSPS) is 15.2. The van der Waals surface area contributed by atoms with Gasteiger partial charge in [-0.3, -0.25) is 9.36 Å². The molecule has 2 aromatic rings. The molecule has 0 spiro atoms. The molecule has 0 bridgehead atoms. The van der Waals surface area contributed by atoms with E-state index in [1.807, 2.05) is 35.0 Å². The van der Waals surface area contributed by atoms with Crippen LogP contribution in [0.15, 0.2) is 41.8 Å². The fraction of sp³-hybridized carbons (Fsp3) is 0.444. The molecule has 128 valence electrons. The summed E-state index contributed by atoms with van der Waals surface area (Å²) >= 11 is 1.46. The Kier molecular flexibility index (Phi) is 5.80. The number of nitrogens with zero attached hydrogens (tertiary/aromatic N) is 2. The summed E-state index contributed by atoms with van der Waals surface area (Å²) in [5, 5.41) is 3.95. The molecule has 5 nitrogen and oxygen atoms in total. The van der Waals surface area contributed by atoms with Crippen LogP contribution in [0.5, 0.6) is 5.75 Å². The molecular formula is C18H23N3O2S. The van der Waals surface area contributed by atoms with Gasteiger partial charge >= 0.3 is 0 Å². The first-order chi connectivity index (χ1) is 11.8. The SMILES string of the molecule is COc1cccc(-n2ccnc2SCC(=O)NC2CCCCC2)c1. The number of hydrogen-bond acceptors (Lipinski definition) is 4. The second-order valence-electron chi connectivity index (χ2n) is 5.97. The molecule has 0 unspecified atom stereocenters. The van der Waals surface area contributed by atoms with Gasteiger partial charge in [0.15, 0.2) is 5.16 Å². The number of aromatic nitrogens is 2. The highest BCUT2D eigenvalue weighted by atomic mass is 32.2. The van der Waals surface area contributed by atoms with Gasteiger partial charge in [0.1, 0.15) is 5.75 Å². The van der Waals surface area contributed by atoms with Crippen molar-refractivity contribution in [3.05, 3.63) is 36.7 Å². The number of rotatable bonds is 6. The van der Waals surface area contributed by atoms with Gasteiger partial charge in [-0.25, -0.2) is 4.98 Å². The lowest BCUT2D eigenvalue weighted by molar-refractivity contribution is -0.119. The monoisotopic (exact) mass is 345 g/mol. The van der Waals surface area contributed by atoms with Crippen LogP contribution in [0.3, 0.4) is 0 Å². The Bertz CT molecular complexity index is 680. The summed E-state index contributed by atoms with van der Waals surface area (Å²) in [6.45, 7) is 0. The molecule has 0 saturated heterocycles. The number of benzene rings is 1. The minimum absolute atomic E-state index is 0.0899. The Morgan fingerprint density at radius 2 is 2.21 bits per heavy atom. The fourth-order valence-corrected chi connectivity index (χ4v) is 3.78. The van der Waals surface area contributed by atoms with Crippen molar-refractivity contribution in [2.45, 2.75) is 43.3 Å². The first-order valence-corrected chi connectivity index (χ1v) is 9.35. The first-order valence-electron chi connectivity index (χ1n) is 8.36. The summed E-state index contributed by atoms with van der Waals surface area (Å²) in [5.74, 6) is 1.27. The van der Waals surface area contributed by atoms with Crippen LogP contribution in [0, 0.1) is 0 Å². The van der Waals surface area contributed by atoms with Gasteiger partial charge in [-0.05, 0) is 25.0 Å². The summed E-state index contributed by atoms with van der Waals surface area (Å²) < 4.78 is 7.24. The number of carbonyl (C=O) groups is 1. The second kappa shape index (κ2) is 8.24. The van der Waals surface area contributed by atoms with Crippen molar-refractivity contribution >= 4 is 17.7 Å². The predicted octanol–water partition coefficient (Wildman–Crippen LogP) is 3.42. The summed E-state index contributed by atoms with van der Waals surface area (Å²) in [6.07, 6.45) is 9.59. The van der Waals surface area contributed by atoms with Crippen molar-refractivity contribution in [2.75, 3.05) is 12.9 Å². The van der Waals surface area contributed by atoms with Crippen molar-refractivity contribution in [3.63, 3.8) is 0 Å². The van der Waals surface area contributed by atoms with Gasteiger partial charge in [0.25, 0.3) is 0 Å². The predicted molar refractivity (Wildman–Crippen MR) is 95.9 cm³/mol. The molecular weight excluding hydrogens is 322 g/mol. The molecule has 1 heterocycles. The smallest absolute Gasteiger partial charge is 0.230 e. The molecule has 1 saturated carbocycles. The first kappa shape index (κ1) is 16.9. The van der Waals surface area contributed by atoms with E-state index in [1.165, 1.54) is 31.0 Å². The Labute approximate surface area is 146 Å². The zero-order valence-corrected chi connectivity index (χ0v) is 14.7. The van der Waals surface area contributed by atoms with Gasteiger partial charge in [-0.2, -0.15) is 0 Å². The summed E-state index contributed by atoms with van der Waals surface area (Å²) in [6, 6.07) is 8.15. The Morgan fingerprint density at radius 3 is 3.00 bits per heavy atom. The van der Waals surface area contributed by atoms with Crippen LogP contribution in [0.25, 0.3) is 5.69 Å². The standard InChI is InChI=1S/C18H23N3O2S/c1-23-16-9-5-8-15(12-16)21-11-10-19-18(21)24-13-17(22)20-14-6-3-2-4-7-14/h5,8-12,14H,2-4,6-7,13H2,1H3,(H,20,22). The maximum Gasteiger partial charge on any atom is 0.230 e. The lowest BCUT2D eigenvalue weighted by atomic mass is 9.95. The van der Waals surface area contributed by atoms with Gasteiger partial charge < -0.3 is 10.1 Å². The summed E-state index contributed by atoms with van der Waals surface area (Å²) in [4.78, 5) is 16.5. The Balaban J connectivity index is 1.60. The minimum atomic E-state index is 0.0899. The van der Waals surface area contributed by atoms with E-state index in [0.29, 0.717) is 11.8 Å². The van der Waals surface area contributed by atoms with E-state index >= 15 is 0 Å². The molecule has 1 aromatic carbocycles. The molecule has 1 aromatic heterocycles. The molecule has 1 amide bonds. The molecule has 1 aliphatic rings. The van der Waals surface area contributed by atoms with E-state index in [4.69, 9.17) is 4.74 Å². The highest BCUT2D eigenvalue weighted by Crippen LogP contribution is 2.23. The molecule has 1 aliphatic carbocycles. The van der Waals surface area contributed by atoms with Crippen LogP contribution in [-0.2, 0) is 4.79 Å². The topological polar surface area (TPSA) is 56.2 Å². The lowest BCUT2D eigenvalue weighted by Gasteiger charge is -2.22. The van der Waals surface area contributed by atoms with Crippen LogP contribution in [0.4, 0.5) is 0 Å². The largest absolute Gasteiger partial charge is 0.497 e. The minimum Gasteiger partial charge on any atom is -0.497 e. The Morgan fingerprint density at radius 1 is 1.38 bits per heavy atom. The van der Waals surface area contributed by atoms with Gasteiger partial charge in [0.05, 0.1) is 18.6 Å². The maximum absolute atomic E-state index is 12.2.